The van der Waals surface area contributed by atoms with Gasteiger partial charge >= 0.3 is 0 Å². The highest BCUT2D eigenvalue weighted by Gasteiger charge is 2.11. The third-order valence-electron chi connectivity index (χ3n) is 2.91. The Bertz CT molecular complexity index is 625. The molecule has 0 spiro atoms. The molecule has 0 saturated heterocycles. The zero-order valence-electron chi connectivity index (χ0n) is 11.4. The number of aromatic nitrogens is 2. The van der Waals surface area contributed by atoms with Gasteiger partial charge in [-0.2, -0.15) is 0 Å². The van der Waals surface area contributed by atoms with Gasteiger partial charge in [0.25, 0.3) is 0 Å². The molecule has 1 aromatic carbocycles. The number of Topliss-reactive ketones (excluding diaryl/α,β-unsaturated/α-hetero) is 1. The van der Waals surface area contributed by atoms with E-state index < -0.39 is 0 Å². The summed E-state index contributed by atoms with van der Waals surface area (Å²) >= 11 is 0. The highest BCUT2D eigenvalue weighted by molar-refractivity contribution is 5.95. The van der Waals surface area contributed by atoms with Crippen LogP contribution in [0.1, 0.15) is 30.4 Å². The number of nitrogens with zero attached hydrogens (tertiary/aromatic N) is 1. The summed E-state index contributed by atoms with van der Waals surface area (Å²) in [6.07, 6.45) is 0.922. The Morgan fingerprint density at radius 2 is 2.10 bits per heavy atom. The Kier molecular flexibility index (Phi) is 4.30. The molecule has 1 amide bonds. The Morgan fingerprint density at radius 3 is 2.80 bits per heavy atom. The van der Waals surface area contributed by atoms with E-state index in [9.17, 15) is 9.59 Å². The van der Waals surface area contributed by atoms with Crippen LogP contribution in [-0.4, -0.2) is 28.2 Å². The molecule has 20 heavy (non-hydrogen) atoms. The number of para-hydroxylation sites is 2. The Balaban J connectivity index is 1.86. The summed E-state index contributed by atoms with van der Waals surface area (Å²) in [7, 11) is 0. The van der Waals surface area contributed by atoms with E-state index in [0.717, 1.165) is 11.0 Å². The van der Waals surface area contributed by atoms with Crippen LogP contribution in [0, 0.1) is 0 Å². The van der Waals surface area contributed by atoms with Crippen molar-refractivity contribution in [2.45, 2.75) is 19.8 Å². The van der Waals surface area contributed by atoms with Gasteiger partial charge in [0.2, 0.25) is 5.91 Å². The molecule has 1 heterocycles. The van der Waals surface area contributed by atoms with Gasteiger partial charge in [0.05, 0.1) is 11.0 Å². The second-order valence-electron chi connectivity index (χ2n) is 4.67. The van der Waals surface area contributed by atoms with Gasteiger partial charge < -0.3 is 10.3 Å². The van der Waals surface area contributed by atoms with Crippen molar-refractivity contribution in [1.29, 1.82) is 0 Å². The quantitative estimate of drug-likeness (QED) is 0.480. The number of fused-ring (bicyclic) bond motifs is 1. The number of nitrogens with one attached hydrogen (secondary N) is 2. The van der Waals surface area contributed by atoms with Crippen molar-refractivity contribution in [1.82, 2.24) is 15.3 Å². The molecule has 5 nitrogen and oxygen atoms in total. The van der Waals surface area contributed by atoms with Gasteiger partial charge in [0, 0.05) is 18.5 Å². The van der Waals surface area contributed by atoms with Crippen LogP contribution in [0.3, 0.4) is 0 Å². The summed E-state index contributed by atoms with van der Waals surface area (Å²) in [5.41, 5.74) is 2.10. The van der Waals surface area contributed by atoms with Gasteiger partial charge in [-0.3, -0.25) is 9.59 Å². The molecule has 2 rings (SSSR count). The van der Waals surface area contributed by atoms with Crippen LogP contribution < -0.4 is 5.32 Å². The number of hydrogen-bond acceptors (Lipinski definition) is 3. The molecule has 0 aliphatic carbocycles. The molecule has 0 fully saturated rings. The lowest BCUT2D eigenvalue weighted by atomic mass is 10.2. The van der Waals surface area contributed by atoms with Gasteiger partial charge in [0.1, 0.15) is 0 Å². The van der Waals surface area contributed by atoms with Crippen molar-refractivity contribution in [2.24, 2.45) is 0 Å². The zero-order valence-corrected chi connectivity index (χ0v) is 11.4. The van der Waals surface area contributed by atoms with E-state index in [1.807, 2.05) is 24.3 Å². The van der Waals surface area contributed by atoms with E-state index >= 15 is 0 Å². The topological polar surface area (TPSA) is 74.8 Å². The lowest BCUT2D eigenvalue weighted by Crippen LogP contribution is -2.25. The number of amides is 1. The van der Waals surface area contributed by atoms with Gasteiger partial charge in [-0.15, -0.1) is 0 Å². The molecule has 5 heteroatoms. The summed E-state index contributed by atoms with van der Waals surface area (Å²) in [5.74, 6) is 0.143. The van der Waals surface area contributed by atoms with E-state index in [1.54, 1.807) is 6.92 Å². The van der Waals surface area contributed by atoms with E-state index in [2.05, 4.69) is 21.9 Å². The summed E-state index contributed by atoms with van der Waals surface area (Å²) in [6, 6.07) is 7.51. The number of carbonyl (C=O) groups excluding carboxylic acids is 2. The van der Waals surface area contributed by atoms with E-state index in [4.69, 9.17) is 0 Å². The number of ketones is 1. The lowest BCUT2D eigenvalue weighted by Gasteiger charge is -2.03. The second-order valence-corrected chi connectivity index (χ2v) is 4.67. The maximum Gasteiger partial charge on any atom is 0.246 e. The smallest absolute Gasteiger partial charge is 0.246 e. The third kappa shape index (κ3) is 3.32. The fraction of sp³-hybridized carbons (Fsp3) is 0.267. The van der Waals surface area contributed by atoms with Crippen molar-refractivity contribution in [2.75, 3.05) is 6.54 Å². The van der Waals surface area contributed by atoms with Crippen molar-refractivity contribution < 1.29 is 9.59 Å². The first-order chi connectivity index (χ1) is 9.58. The summed E-state index contributed by atoms with van der Waals surface area (Å²) in [4.78, 5) is 30.5. The van der Waals surface area contributed by atoms with Crippen LogP contribution in [-0.2, 0) is 4.79 Å². The normalized spacial score (nSPS) is 10.4. The molecular formula is C15H17N3O2. The minimum atomic E-state index is -0.179. The average molecular weight is 271 g/mol. The predicted molar refractivity (Wildman–Crippen MR) is 77.5 cm³/mol. The molecule has 0 atom stereocenters. The van der Waals surface area contributed by atoms with Crippen LogP contribution in [0.2, 0.25) is 0 Å². The summed E-state index contributed by atoms with van der Waals surface area (Å²) < 4.78 is 0. The molecule has 0 bridgehead atoms. The molecule has 1 aromatic heterocycles. The standard InChI is InChI=1S/C15H17N3O2/c1-10(2)15(20)16-9-5-8-13(19)14-17-11-6-3-4-7-12(11)18-14/h3-4,6-7H,1,5,8-9H2,2H3,(H,16,20)(H,17,18). The average Bonchev–Trinajstić information content (AvgIpc) is 2.86. The fourth-order valence-electron chi connectivity index (χ4n) is 1.81. The van der Waals surface area contributed by atoms with Crippen LogP contribution in [0.5, 0.6) is 0 Å². The lowest BCUT2D eigenvalue weighted by molar-refractivity contribution is -0.117. The van der Waals surface area contributed by atoms with Crippen LogP contribution in [0.4, 0.5) is 0 Å². The first-order valence-electron chi connectivity index (χ1n) is 6.49. The molecule has 2 aromatic rings. The maximum absolute atomic E-state index is 12.0. The van der Waals surface area contributed by atoms with Crippen molar-refractivity contribution in [3.8, 4) is 0 Å². The van der Waals surface area contributed by atoms with Gasteiger partial charge in [-0.1, -0.05) is 18.7 Å². The molecule has 0 unspecified atom stereocenters. The first-order valence-corrected chi connectivity index (χ1v) is 6.49. The van der Waals surface area contributed by atoms with Crippen molar-refractivity contribution >= 4 is 22.7 Å². The monoisotopic (exact) mass is 271 g/mol. The van der Waals surface area contributed by atoms with Crippen molar-refractivity contribution in [3.05, 3.63) is 42.2 Å². The molecule has 0 saturated carbocycles. The zero-order chi connectivity index (χ0) is 14.5. The SMILES string of the molecule is C=C(C)C(=O)NCCCC(=O)c1nc2ccccc2[nH]1. The summed E-state index contributed by atoms with van der Waals surface area (Å²) in [6.45, 7) is 5.65. The van der Waals surface area contributed by atoms with Gasteiger partial charge in [0.15, 0.2) is 11.6 Å². The maximum atomic E-state index is 12.0. The largest absolute Gasteiger partial charge is 0.352 e. The summed E-state index contributed by atoms with van der Waals surface area (Å²) in [5, 5.41) is 2.69. The molecule has 0 aliphatic rings. The number of rotatable bonds is 6. The van der Waals surface area contributed by atoms with Crippen LogP contribution in [0.25, 0.3) is 11.0 Å². The predicted octanol–water partition coefficient (Wildman–Crippen LogP) is 2.22. The minimum Gasteiger partial charge on any atom is -0.352 e. The van der Waals surface area contributed by atoms with E-state index in [1.165, 1.54) is 0 Å². The molecule has 0 radical (unpaired) electrons. The second kappa shape index (κ2) is 6.14. The van der Waals surface area contributed by atoms with Gasteiger partial charge in [-0.25, -0.2) is 4.98 Å². The number of aromatic amines is 1. The minimum absolute atomic E-state index is 0.0502. The third-order valence-corrected chi connectivity index (χ3v) is 2.91. The number of benzene rings is 1. The highest BCUT2D eigenvalue weighted by Crippen LogP contribution is 2.11. The van der Waals surface area contributed by atoms with E-state index in [0.29, 0.717) is 30.8 Å². The fourth-order valence-corrected chi connectivity index (χ4v) is 1.81. The molecule has 104 valence electrons. The molecule has 0 aliphatic heterocycles. The number of imidazole rings is 1. The number of carbonyl (C=O) groups is 2. The Morgan fingerprint density at radius 1 is 1.35 bits per heavy atom. The number of hydrogen-bond donors (Lipinski definition) is 2. The van der Waals surface area contributed by atoms with Crippen LogP contribution in [0.15, 0.2) is 36.4 Å². The first kappa shape index (κ1) is 14.0. The molecule has 2 N–H and O–H groups in total. The number of H-pyrrole nitrogens is 1. The van der Waals surface area contributed by atoms with Crippen LogP contribution >= 0.6 is 0 Å². The van der Waals surface area contributed by atoms with Gasteiger partial charge in [-0.05, 0) is 25.5 Å². The molecular weight excluding hydrogens is 254 g/mol. The highest BCUT2D eigenvalue weighted by atomic mass is 16.1. The van der Waals surface area contributed by atoms with Crippen molar-refractivity contribution in [3.63, 3.8) is 0 Å². The van der Waals surface area contributed by atoms with E-state index in [-0.39, 0.29) is 11.7 Å². The Labute approximate surface area is 117 Å². The Hall–Kier alpha value is -2.43.